The molecule has 2 aliphatic heterocycles. The number of carbonyl (C=O) groups excluding carboxylic acids is 3. The lowest BCUT2D eigenvalue weighted by molar-refractivity contribution is -0.142. The summed E-state index contributed by atoms with van der Waals surface area (Å²) in [6, 6.07) is 13.4. The molecule has 2 saturated heterocycles. The highest BCUT2D eigenvalue weighted by Gasteiger charge is 2.51. The number of alkyl halides is 3. The molecule has 5 aromatic rings. The number of hydrogen-bond acceptors (Lipinski definition) is 13. The van der Waals surface area contributed by atoms with Crippen molar-refractivity contribution in [1.29, 1.82) is 5.26 Å². The Labute approximate surface area is 425 Å². The van der Waals surface area contributed by atoms with Crippen LogP contribution in [0.2, 0.25) is 0 Å². The van der Waals surface area contributed by atoms with Crippen LogP contribution in [0, 0.1) is 24.2 Å². The van der Waals surface area contributed by atoms with Gasteiger partial charge < -0.3 is 34.4 Å². The van der Waals surface area contributed by atoms with E-state index in [-0.39, 0.29) is 41.5 Å². The molecule has 16 nitrogen and oxygen atoms in total. The number of likely N-dealkylation sites (tertiary alicyclic amines) is 1. The van der Waals surface area contributed by atoms with E-state index in [0.717, 1.165) is 52.4 Å². The summed E-state index contributed by atoms with van der Waals surface area (Å²) >= 11 is 7.17. The van der Waals surface area contributed by atoms with Crippen molar-refractivity contribution in [3.8, 4) is 28.0 Å². The third kappa shape index (κ3) is 12.1. The fourth-order valence-electron chi connectivity index (χ4n) is 8.76. The second-order valence-electron chi connectivity index (χ2n) is 18.6. The molecule has 72 heavy (non-hydrogen) atoms. The second-order valence-corrected chi connectivity index (χ2v) is 19.8. The Bertz CT molecular complexity index is 2760. The Morgan fingerprint density at radius 2 is 1.65 bits per heavy atom. The van der Waals surface area contributed by atoms with Gasteiger partial charge in [0, 0.05) is 50.0 Å². The molecule has 382 valence electrons. The number of nitriles is 1. The van der Waals surface area contributed by atoms with Crippen LogP contribution in [0.1, 0.15) is 101 Å². The number of rotatable bonds is 21. The Morgan fingerprint density at radius 1 is 0.958 bits per heavy atom. The van der Waals surface area contributed by atoms with Gasteiger partial charge in [0.15, 0.2) is 10.9 Å². The standard InChI is InChI=1S/C51H58F3N9O7S2/c1-31(2)44(47(66)60-28-38(64)24-43(60)46(65)59-32(3)42-18-12-35(26-56-42)45-33(4)57-30-72-45)61-29-40(27-58-61)70-22-10-20-68-19-8-7-9-21-69-39-16-14-36(15-17-39)63-49(71)62(48(67)50(63,5)6)37-13-11-34(25-55)41(23-37)51(52,53)54/h11-18,23,26-27,29-32,38,43-44,64H,7-10,19-22,24,28H2,1-6H3,(H,59,65)/t32-,38+,43-,44?/m0/s1. The third-order valence-electron chi connectivity index (χ3n) is 12.6. The average molecular weight is 1030 g/mol. The van der Waals surface area contributed by atoms with Crippen LogP contribution in [0.3, 0.4) is 0 Å². The highest BCUT2D eigenvalue weighted by atomic mass is 32.1. The number of hydrogen-bond donors (Lipinski definition) is 2. The van der Waals surface area contributed by atoms with Gasteiger partial charge in [0.2, 0.25) is 11.8 Å². The zero-order valence-corrected chi connectivity index (χ0v) is 42.5. The van der Waals surface area contributed by atoms with Gasteiger partial charge >= 0.3 is 6.18 Å². The molecule has 2 aromatic carbocycles. The number of nitrogens with zero attached hydrogens (tertiary/aromatic N) is 8. The average Bonchev–Trinajstić information content (AvgIpc) is 4.13. The number of pyridine rings is 1. The molecular weight excluding hydrogens is 972 g/mol. The van der Waals surface area contributed by atoms with Crippen molar-refractivity contribution >= 4 is 57.8 Å². The van der Waals surface area contributed by atoms with Crippen LogP contribution < -0.4 is 24.6 Å². The Hall–Kier alpha value is -6.47. The molecule has 5 heterocycles. The van der Waals surface area contributed by atoms with Crippen LogP contribution in [0.5, 0.6) is 11.5 Å². The van der Waals surface area contributed by atoms with Gasteiger partial charge in [-0.15, -0.1) is 11.3 Å². The van der Waals surface area contributed by atoms with Crippen LogP contribution in [0.15, 0.2) is 78.7 Å². The summed E-state index contributed by atoms with van der Waals surface area (Å²) in [5.74, 6) is -0.287. The molecule has 21 heteroatoms. The second kappa shape index (κ2) is 22.9. The van der Waals surface area contributed by atoms with Crippen molar-refractivity contribution in [3.05, 3.63) is 101 Å². The largest absolute Gasteiger partial charge is 0.494 e. The fourth-order valence-corrected chi connectivity index (χ4v) is 10.1. The molecule has 2 N–H and O–H groups in total. The van der Waals surface area contributed by atoms with E-state index >= 15 is 0 Å². The normalized spacial score (nSPS) is 17.6. The number of amides is 3. The first-order valence-corrected chi connectivity index (χ1v) is 25.0. The summed E-state index contributed by atoms with van der Waals surface area (Å²) in [5.41, 5.74) is 1.90. The molecule has 0 saturated carbocycles. The number of carbonyl (C=O) groups is 3. The summed E-state index contributed by atoms with van der Waals surface area (Å²) in [5, 5.41) is 27.3. The molecule has 2 aliphatic rings. The van der Waals surface area contributed by atoms with Gasteiger partial charge in [0.1, 0.15) is 23.4 Å². The minimum atomic E-state index is -4.79. The van der Waals surface area contributed by atoms with E-state index in [9.17, 15) is 37.9 Å². The Balaban J connectivity index is 0.796. The van der Waals surface area contributed by atoms with Gasteiger partial charge in [-0.05, 0) is 114 Å². The minimum absolute atomic E-state index is 0.00859. The molecule has 4 atom stereocenters. The van der Waals surface area contributed by atoms with Crippen LogP contribution >= 0.6 is 23.6 Å². The molecule has 2 fully saturated rings. The van der Waals surface area contributed by atoms with Gasteiger partial charge in [-0.25, -0.2) is 4.98 Å². The Morgan fingerprint density at radius 3 is 2.32 bits per heavy atom. The zero-order valence-electron chi connectivity index (χ0n) is 40.9. The van der Waals surface area contributed by atoms with Crippen molar-refractivity contribution in [2.45, 2.75) is 110 Å². The lowest BCUT2D eigenvalue weighted by Gasteiger charge is -2.30. The molecule has 0 spiro atoms. The first-order chi connectivity index (χ1) is 34.3. The number of anilines is 2. The first kappa shape index (κ1) is 53.3. The number of aliphatic hydroxyl groups is 1. The summed E-state index contributed by atoms with van der Waals surface area (Å²) < 4.78 is 60.4. The Kier molecular flexibility index (Phi) is 17.0. The number of aryl methyl sites for hydroxylation is 1. The number of aliphatic hydroxyl groups excluding tert-OH is 1. The maximum absolute atomic E-state index is 14.1. The molecule has 1 unspecified atom stereocenters. The predicted molar refractivity (Wildman–Crippen MR) is 268 cm³/mol. The monoisotopic (exact) mass is 1030 g/mol. The molecule has 0 aliphatic carbocycles. The van der Waals surface area contributed by atoms with Gasteiger partial charge in [-0.2, -0.15) is 23.5 Å². The van der Waals surface area contributed by atoms with Gasteiger partial charge in [-0.1, -0.05) is 19.9 Å². The van der Waals surface area contributed by atoms with Crippen LogP contribution in [-0.2, 0) is 25.3 Å². The lowest BCUT2D eigenvalue weighted by Crippen LogP contribution is -2.49. The van der Waals surface area contributed by atoms with Crippen LogP contribution in [-0.4, -0.2) is 103 Å². The summed E-state index contributed by atoms with van der Waals surface area (Å²) in [6.45, 7) is 12.8. The van der Waals surface area contributed by atoms with Crippen molar-refractivity contribution < 1.29 is 46.9 Å². The number of ether oxygens (including phenoxy) is 3. The van der Waals surface area contributed by atoms with Crippen molar-refractivity contribution in [1.82, 2.24) is 30.0 Å². The molecule has 3 amide bonds. The van der Waals surface area contributed by atoms with E-state index in [4.69, 9.17) is 26.4 Å². The SMILES string of the molecule is Cc1ncsc1-c1ccc([C@H](C)NC(=O)[C@@H]2C[C@@H](O)CN2C(=O)C(C(C)C)n2cc(OCCCOCCCCCOc3ccc(N4C(=S)N(c5ccc(C#N)c(C(F)(F)F)c5)C(=O)C4(C)C)cc3)cn2)nc1. The maximum Gasteiger partial charge on any atom is 0.417 e. The van der Waals surface area contributed by atoms with Crippen LogP contribution in [0.4, 0.5) is 24.5 Å². The van der Waals surface area contributed by atoms with E-state index in [2.05, 4.69) is 20.4 Å². The number of aromatic nitrogens is 4. The topological polar surface area (TPSA) is 188 Å². The number of unbranched alkanes of at least 4 members (excludes halogenated alkanes) is 2. The zero-order chi connectivity index (χ0) is 51.9. The minimum Gasteiger partial charge on any atom is -0.494 e. The fraction of sp³-hybridized carbons (Fsp3) is 0.451. The van der Waals surface area contributed by atoms with Crippen molar-refractivity contribution in [2.75, 3.05) is 42.8 Å². The maximum atomic E-state index is 14.1. The number of thiazole rings is 1. The number of thiocarbonyl (C=S) groups is 1. The highest BCUT2D eigenvalue weighted by Crippen LogP contribution is 2.40. The lowest BCUT2D eigenvalue weighted by atomic mass is 10.0. The highest BCUT2D eigenvalue weighted by molar-refractivity contribution is 7.81. The van der Waals surface area contributed by atoms with Crippen LogP contribution in [0.25, 0.3) is 10.4 Å². The summed E-state index contributed by atoms with van der Waals surface area (Å²) in [7, 11) is 0. The molecule has 0 radical (unpaired) electrons. The van der Waals surface area contributed by atoms with Gasteiger partial charge in [0.25, 0.3) is 5.91 Å². The first-order valence-electron chi connectivity index (χ1n) is 23.7. The van der Waals surface area contributed by atoms with E-state index < -0.39 is 53.0 Å². The van der Waals surface area contributed by atoms with E-state index in [0.29, 0.717) is 55.7 Å². The molecule has 7 rings (SSSR count). The number of halogens is 3. The quantitative estimate of drug-likeness (QED) is 0.0526. The number of β-amino-alcohol motifs (C(OH)–C–C–N with tert-alkyl or cyclic N) is 1. The smallest absolute Gasteiger partial charge is 0.417 e. The van der Waals surface area contributed by atoms with E-state index in [1.54, 1.807) is 77.9 Å². The van der Waals surface area contributed by atoms with E-state index in [1.807, 2.05) is 39.8 Å². The van der Waals surface area contributed by atoms with Gasteiger partial charge in [0.05, 0.1) is 82.4 Å². The number of nitrogens with one attached hydrogen (secondary N) is 1. The molecule has 0 bridgehead atoms. The molecular formula is C51H58F3N9O7S2. The van der Waals surface area contributed by atoms with E-state index in [1.165, 1.54) is 22.3 Å². The van der Waals surface area contributed by atoms with Crippen molar-refractivity contribution in [2.24, 2.45) is 5.92 Å². The van der Waals surface area contributed by atoms with Gasteiger partial charge in [-0.3, -0.25) is 28.9 Å². The molecule has 3 aromatic heterocycles. The number of benzene rings is 2. The third-order valence-corrected chi connectivity index (χ3v) is 13.9. The summed E-state index contributed by atoms with van der Waals surface area (Å²) in [6.07, 6.45) is 2.56. The predicted octanol–water partition coefficient (Wildman–Crippen LogP) is 8.59. The van der Waals surface area contributed by atoms with Crippen molar-refractivity contribution in [3.63, 3.8) is 0 Å². The summed E-state index contributed by atoms with van der Waals surface area (Å²) in [4.78, 5) is 55.3.